The fourth-order valence-electron chi connectivity index (χ4n) is 2.50. The van der Waals surface area contributed by atoms with E-state index in [2.05, 4.69) is 0 Å². The first-order valence-corrected chi connectivity index (χ1v) is 9.08. The molecule has 0 unspecified atom stereocenters. The zero-order valence-electron chi connectivity index (χ0n) is 13.5. The third-order valence-electron chi connectivity index (χ3n) is 3.64. The van der Waals surface area contributed by atoms with Gasteiger partial charge in [0.1, 0.15) is 0 Å². The second-order valence-electron chi connectivity index (χ2n) is 5.80. The number of ether oxygens (including phenoxy) is 2. The van der Waals surface area contributed by atoms with Crippen LogP contribution >= 0.6 is 34.5 Å². The van der Waals surface area contributed by atoms with E-state index >= 15 is 0 Å². The highest BCUT2D eigenvalue weighted by atomic mass is 35.5. The Bertz CT molecular complexity index is 931. The molecule has 3 aromatic rings. The van der Waals surface area contributed by atoms with Crippen molar-refractivity contribution < 1.29 is 14.3 Å². The van der Waals surface area contributed by atoms with Gasteiger partial charge in [-0.05, 0) is 32.9 Å². The highest BCUT2D eigenvalue weighted by Crippen LogP contribution is 2.47. The molecule has 24 heavy (non-hydrogen) atoms. The van der Waals surface area contributed by atoms with Gasteiger partial charge in [-0.1, -0.05) is 41.4 Å². The largest absolute Gasteiger partial charge is 0.473 e. The van der Waals surface area contributed by atoms with Gasteiger partial charge in [0, 0.05) is 15.5 Å². The van der Waals surface area contributed by atoms with Crippen molar-refractivity contribution in [3.63, 3.8) is 0 Å². The van der Waals surface area contributed by atoms with Crippen LogP contribution in [-0.4, -0.2) is 18.2 Å². The van der Waals surface area contributed by atoms with Crippen LogP contribution in [0.25, 0.3) is 20.2 Å². The van der Waals surface area contributed by atoms with Crippen molar-refractivity contribution in [1.82, 2.24) is 0 Å². The molecule has 2 aromatic carbocycles. The van der Waals surface area contributed by atoms with Crippen molar-refractivity contribution in [2.24, 2.45) is 0 Å². The maximum atomic E-state index is 12.1. The molecule has 126 valence electrons. The zero-order valence-corrected chi connectivity index (χ0v) is 15.8. The Morgan fingerprint density at radius 3 is 2.62 bits per heavy atom. The summed E-state index contributed by atoms with van der Waals surface area (Å²) in [6, 6.07) is 9.61. The van der Waals surface area contributed by atoms with Crippen LogP contribution in [0, 0.1) is 0 Å². The molecule has 0 aliphatic heterocycles. The molecule has 3 rings (SSSR count). The third-order valence-corrected chi connectivity index (χ3v) is 5.38. The smallest absolute Gasteiger partial charge is 0.349 e. The van der Waals surface area contributed by atoms with Crippen LogP contribution in [0.1, 0.15) is 20.8 Å². The molecule has 0 bridgehead atoms. The van der Waals surface area contributed by atoms with Crippen molar-refractivity contribution in [1.29, 1.82) is 0 Å². The lowest BCUT2D eigenvalue weighted by molar-refractivity contribution is -0.158. The molecular weight excluding hydrogens is 367 g/mol. The monoisotopic (exact) mass is 382 g/mol. The number of thiophene rings is 1. The molecule has 0 radical (unpaired) electrons. The first-order valence-electron chi connectivity index (χ1n) is 7.50. The van der Waals surface area contributed by atoms with E-state index in [0.717, 1.165) is 20.2 Å². The van der Waals surface area contributed by atoms with E-state index in [1.165, 1.54) is 11.3 Å². The minimum Gasteiger partial charge on any atom is -0.473 e. The first-order chi connectivity index (χ1) is 11.3. The SMILES string of the molecule is CCOC(=O)C(C)(C)Oc1c(Cl)cc(Cl)c2c1sc1ccccc12. The second-order valence-corrected chi connectivity index (χ2v) is 7.67. The fraction of sp³-hybridized carbons (Fsp3) is 0.278. The maximum Gasteiger partial charge on any atom is 0.349 e. The summed E-state index contributed by atoms with van der Waals surface area (Å²) >= 11 is 14.3. The number of fused-ring (bicyclic) bond motifs is 3. The van der Waals surface area contributed by atoms with Crippen molar-refractivity contribution in [3.05, 3.63) is 40.4 Å². The number of halogens is 2. The van der Waals surface area contributed by atoms with Crippen LogP contribution in [0.2, 0.25) is 10.0 Å². The molecule has 0 aliphatic carbocycles. The van der Waals surface area contributed by atoms with E-state index in [9.17, 15) is 4.79 Å². The minimum atomic E-state index is -1.16. The van der Waals surface area contributed by atoms with Crippen molar-refractivity contribution >= 4 is 60.7 Å². The van der Waals surface area contributed by atoms with Crippen molar-refractivity contribution in [3.8, 4) is 5.75 Å². The highest BCUT2D eigenvalue weighted by Gasteiger charge is 2.33. The predicted octanol–water partition coefficient (Wildman–Crippen LogP) is 6.08. The average molecular weight is 383 g/mol. The first kappa shape index (κ1) is 17.3. The summed E-state index contributed by atoms with van der Waals surface area (Å²) in [7, 11) is 0. The number of hydrogen-bond donors (Lipinski definition) is 0. The van der Waals surface area contributed by atoms with Crippen LogP contribution in [0.5, 0.6) is 5.75 Å². The Kier molecular flexibility index (Phi) is 4.65. The van der Waals surface area contributed by atoms with Gasteiger partial charge in [-0.2, -0.15) is 0 Å². The molecule has 0 atom stereocenters. The predicted molar refractivity (Wildman–Crippen MR) is 101 cm³/mol. The maximum absolute atomic E-state index is 12.1. The van der Waals surface area contributed by atoms with Gasteiger partial charge in [-0.15, -0.1) is 11.3 Å². The quantitative estimate of drug-likeness (QED) is 0.512. The molecule has 6 heteroatoms. The third kappa shape index (κ3) is 2.94. The molecule has 1 aromatic heterocycles. The molecule has 0 amide bonds. The number of esters is 1. The van der Waals surface area contributed by atoms with Gasteiger partial charge in [0.25, 0.3) is 0 Å². The summed E-state index contributed by atoms with van der Waals surface area (Å²) in [6.45, 7) is 5.37. The molecule has 0 N–H and O–H groups in total. The van der Waals surface area contributed by atoms with Crippen LogP contribution < -0.4 is 4.74 Å². The van der Waals surface area contributed by atoms with E-state index in [-0.39, 0.29) is 6.61 Å². The van der Waals surface area contributed by atoms with E-state index in [0.29, 0.717) is 15.8 Å². The lowest BCUT2D eigenvalue weighted by Gasteiger charge is -2.25. The molecule has 0 saturated carbocycles. The van der Waals surface area contributed by atoms with Crippen LogP contribution in [0.15, 0.2) is 30.3 Å². The number of carbonyl (C=O) groups is 1. The molecule has 0 spiro atoms. The normalized spacial score (nSPS) is 11.9. The second kappa shape index (κ2) is 6.43. The standard InChI is InChI=1S/C18H16Cl2O3S/c1-4-22-17(21)18(2,3)23-15-12(20)9-11(19)14-10-7-5-6-8-13(10)24-16(14)15/h5-9H,4H2,1-3H3. The van der Waals surface area contributed by atoms with Crippen LogP contribution in [0.3, 0.4) is 0 Å². The molecule has 1 heterocycles. The van der Waals surface area contributed by atoms with Gasteiger partial charge < -0.3 is 9.47 Å². The van der Waals surface area contributed by atoms with E-state index in [1.54, 1.807) is 26.8 Å². The van der Waals surface area contributed by atoms with Gasteiger partial charge in [0.2, 0.25) is 0 Å². The Hall–Kier alpha value is -1.49. The fourth-order valence-corrected chi connectivity index (χ4v) is 4.43. The number of hydrogen-bond acceptors (Lipinski definition) is 4. The average Bonchev–Trinajstić information content (AvgIpc) is 2.91. The van der Waals surface area contributed by atoms with Gasteiger partial charge >= 0.3 is 5.97 Å². The van der Waals surface area contributed by atoms with Gasteiger partial charge in [-0.3, -0.25) is 0 Å². The lowest BCUT2D eigenvalue weighted by atomic mass is 10.1. The summed E-state index contributed by atoms with van der Waals surface area (Å²) < 4.78 is 13.0. The number of benzene rings is 2. The Morgan fingerprint density at radius 2 is 1.92 bits per heavy atom. The summed E-state index contributed by atoms with van der Waals surface area (Å²) in [4.78, 5) is 12.1. The number of carbonyl (C=O) groups excluding carboxylic acids is 1. The van der Waals surface area contributed by atoms with Gasteiger partial charge in [0.05, 0.1) is 21.4 Å². The summed E-state index contributed by atoms with van der Waals surface area (Å²) in [6.07, 6.45) is 0. The Labute approximate surface area is 154 Å². The molecule has 3 nitrogen and oxygen atoms in total. The van der Waals surface area contributed by atoms with Gasteiger partial charge in [-0.25, -0.2) is 4.79 Å². The van der Waals surface area contributed by atoms with E-state index < -0.39 is 11.6 Å². The summed E-state index contributed by atoms with van der Waals surface area (Å²) in [5, 5.41) is 2.86. The summed E-state index contributed by atoms with van der Waals surface area (Å²) in [5.41, 5.74) is -1.16. The van der Waals surface area contributed by atoms with Crippen molar-refractivity contribution in [2.75, 3.05) is 6.61 Å². The van der Waals surface area contributed by atoms with Crippen molar-refractivity contribution in [2.45, 2.75) is 26.4 Å². The topological polar surface area (TPSA) is 35.5 Å². The molecular formula is C18H16Cl2O3S. The molecule has 0 saturated heterocycles. The van der Waals surface area contributed by atoms with Gasteiger partial charge in [0.15, 0.2) is 11.4 Å². The van der Waals surface area contributed by atoms with E-state index in [1.807, 2.05) is 24.3 Å². The Balaban J connectivity index is 2.19. The molecule has 0 aliphatic rings. The summed E-state index contributed by atoms with van der Waals surface area (Å²) in [5.74, 6) is 0.0144. The zero-order chi connectivity index (χ0) is 17.5. The minimum absolute atomic E-state index is 0.290. The molecule has 0 fully saturated rings. The number of rotatable bonds is 4. The lowest BCUT2D eigenvalue weighted by Crippen LogP contribution is -2.39. The van der Waals surface area contributed by atoms with E-state index in [4.69, 9.17) is 32.7 Å². The van der Waals surface area contributed by atoms with Crippen LogP contribution in [0.4, 0.5) is 0 Å². The van der Waals surface area contributed by atoms with Crippen LogP contribution in [-0.2, 0) is 9.53 Å². The Morgan fingerprint density at radius 1 is 1.21 bits per heavy atom. The highest BCUT2D eigenvalue weighted by molar-refractivity contribution is 7.26.